The molecule has 0 spiro atoms. The first-order chi connectivity index (χ1) is 11.7. The average Bonchev–Trinajstić information content (AvgIpc) is 2.65. The number of benzene rings is 1. The lowest BCUT2D eigenvalue weighted by atomic mass is 10.0. The summed E-state index contributed by atoms with van der Waals surface area (Å²) in [6, 6.07) is 11.6. The predicted octanol–water partition coefficient (Wildman–Crippen LogP) is 2.90. The van der Waals surface area contributed by atoms with Crippen molar-refractivity contribution in [2.24, 2.45) is 0 Å². The fraction of sp³-hybridized carbons (Fsp3) is 0.368. The summed E-state index contributed by atoms with van der Waals surface area (Å²) in [6.07, 6.45) is 3.25. The zero-order valence-electron chi connectivity index (χ0n) is 14.5. The summed E-state index contributed by atoms with van der Waals surface area (Å²) >= 11 is 0. The van der Waals surface area contributed by atoms with E-state index in [2.05, 4.69) is 41.2 Å². The Kier molecular flexibility index (Phi) is 6.75. The SMILES string of the molecule is CCN(CC)C(CNC(=O)c1ccncc1)c1ccc(OC)cc1. The van der Waals surface area contributed by atoms with Crippen LogP contribution in [0, 0.1) is 0 Å². The summed E-state index contributed by atoms with van der Waals surface area (Å²) < 4.78 is 5.23. The van der Waals surface area contributed by atoms with Gasteiger partial charge in [-0.2, -0.15) is 0 Å². The number of ether oxygens (including phenoxy) is 1. The number of carbonyl (C=O) groups excluding carboxylic acids is 1. The van der Waals surface area contributed by atoms with E-state index in [1.54, 1.807) is 31.6 Å². The molecule has 0 saturated carbocycles. The number of amides is 1. The van der Waals surface area contributed by atoms with Gasteiger partial charge in [0.2, 0.25) is 0 Å². The fourth-order valence-corrected chi connectivity index (χ4v) is 2.74. The van der Waals surface area contributed by atoms with Gasteiger partial charge in [0.25, 0.3) is 5.91 Å². The van der Waals surface area contributed by atoms with Crippen molar-refractivity contribution in [1.29, 1.82) is 0 Å². The number of rotatable bonds is 8. The van der Waals surface area contributed by atoms with Gasteiger partial charge in [-0.05, 0) is 42.9 Å². The standard InChI is InChI=1S/C19H25N3O2/c1-4-22(5-2)18(15-6-8-17(24-3)9-7-15)14-21-19(23)16-10-12-20-13-11-16/h6-13,18H,4-5,14H2,1-3H3,(H,21,23). The Labute approximate surface area is 143 Å². The molecule has 24 heavy (non-hydrogen) atoms. The number of aromatic nitrogens is 1. The summed E-state index contributed by atoms with van der Waals surface area (Å²) in [6.45, 7) is 6.64. The van der Waals surface area contributed by atoms with Crippen molar-refractivity contribution in [2.75, 3.05) is 26.7 Å². The van der Waals surface area contributed by atoms with Gasteiger partial charge in [0, 0.05) is 24.5 Å². The number of pyridine rings is 1. The number of nitrogens with zero attached hydrogens (tertiary/aromatic N) is 2. The molecule has 128 valence electrons. The normalized spacial score (nSPS) is 12.0. The summed E-state index contributed by atoms with van der Waals surface area (Å²) in [4.78, 5) is 18.6. The number of carbonyl (C=O) groups is 1. The summed E-state index contributed by atoms with van der Waals surface area (Å²) in [5, 5.41) is 3.04. The highest BCUT2D eigenvalue weighted by Crippen LogP contribution is 2.22. The third-order valence-electron chi connectivity index (χ3n) is 4.15. The van der Waals surface area contributed by atoms with Gasteiger partial charge in [0.1, 0.15) is 5.75 Å². The summed E-state index contributed by atoms with van der Waals surface area (Å²) in [5.74, 6) is 0.751. The molecular weight excluding hydrogens is 302 g/mol. The van der Waals surface area contributed by atoms with Gasteiger partial charge < -0.3 is 10.1 Å². The van der Waals surface area contributed by atoms with E-state index in [-0.39, 0.29) is 11.9 Å². The Morgan fingerprint density at radius 1 is 1.12 bits per heavy atom. The minimum Gasteiger partial charge on any atom is -0.497 e. The Morgan fingerprint density at radius 2 is 1.75 bits per heavy atom. The molecule has 0 aliphatic rings. The summed E-state index contributed by atoms with van der Waals surface area (Å²) in [7, 11) is 1.66. The summed E-state index contributed by atoms with van der Waals surface area (Å²) in [5.41, 5.74) is 1.78. The lowest BCUT2D eigenvalue weighted by Gasteiger charge is -2.30. The molecule has 1 heterocycles. The lowest BCUT2D eigenvalue weighted by molar-refractivity contribution is 0.0935. The minimum atomic E-state index is -0.0805. The van der Waals surface area contributed by atoms with E-state index in [0.29, 0.717) is 12.1 Å². The van der Waals surface area contributed by atoms with Gasteiger partial charge in [-0.3, -0.25) is 14.7 Å². The van der Waals surface area contributed by atoms with Crippen molar-refractivity contribution in [2.45, 2.75) is 19.9 Å². The molecule has 0 bridgehead atoms. The molecule has 0 radical (unpaired) electrons. The zero-order chi connectivity index (χ0) is 17.4. The molecule has 0 saturated heterocycles. The van der Waals surface area contributed by atoms with Crippen molar-refractivity contribution in [1.82, 2.24) is 15.2 Å². The first-order valence-corrected chi connectivity index (χ1v) is 8.25. The molecule has 0 aliphatic carbocycles. The Morgan fingerprint density at radius 3 is 2.29 bits per heavy atom. The maximum atomic E-state index is 12.3. The largest absolute Gasteiger partial charge is 0.497 e. The van der Waals surface area contributed by atoms with E-state index in [0.717, 1.165) is 24.4 Å². The zero-order valence-corrected chi connectivity index (χ0v) is 14.5. The Hall–Kier alpha value is -2.40. The molecule has 0 aliphatic heterocycles. The molecule has 1 N–H and O–H groups in total. The highest BCUT2D eigenvalue weighted by Gasteiger charge is 2.19. The molecule has 1 aromatic heterocycles. The second kappa shape index (κ2) is 9.03. The molecule has 1 unspecified atom stereocenters. The van der Waals surface area contributed by atoms with Crippen LogP contribution in [0.2, 0.25) is 0 Å². The topological polar surface area (TPSA) is 54.5 Å². The van der Waals surface area contributed by atoms with E-state index in [1.165, 1.54) is 0 Å². The van der Waals surface area contributed by atoms with Crippen LogP contribution in [0.15, 0.2) is 48.8 Å². The minimum absolute atomic E-state index is 0.0805. The van der Waals surface area contributed by atoms with Gasteiger partial charge in [-0.15, -0.1) is 0 Å². The third-order valence-corrected chi connectivity index (χ3v) is 4.15. The number of methoxy groups -OCH3 is 1. The quantitative estimate of drug-likeness (QED) is 0.810. The molecule has 1 amide bonds. The van der Waals surface area contributed by atoms with Crippen molar-refractivity contribution >= 4 is 5.91 Å². The van der Waals surface area contributed by atoms with Gasteiger partial charge >= 0.3 is 0 Å². The smallest absolute Gasteiger partial charge is 0.251 e. The van der Waals surface area contributed by atoms with E-state index in [9.17, 15) is 4.79 Å². The molecule has 5 nitrogen and oxygen atoms in total. The molecule has 2 aromatic rings. The second-order valence-electron chi connectivity index (χ2n) is 5.46. The molecule has 1 aromatic carbocycles. The van der Waals surface area contributed by atoms with Gasteiger partial charge in [-0.25, -0.2) is 0 Å². The van der Waals surface area contributed by atoms with Crippen LogP contribution in [0.3, 0.4) is 0 Å². The van der Waals surface area contributed by atoms with Crippen LogP contribution in [0.25, 0.3) is 0 Å². The second-order valence-corrected chi connectivity index (χ2v) is 5.46. The Balaban J connectivity index is 2.12. The maximum absolute atomic E-state index is 12.3. The van der Waals surface area contributed by atoms with Crippen LogP contribution in [0.4, 0.5) is 0 Å². The third kappa shape index (κ3) is 4.55. The van der Waals surface area contributed by atoms with Crippen LogP contribution in [-0.4, -0.2) is 42.5 Å². The number of hydrogen-bond donors (Lipinski definition) is 1. The van der Waals surface area contributed by atoms with Gasteiger partial charge in [0.05, 0.1) is 13.2 Å². The molecule has 1 atom stereocenters. The van der Waals surface area contributed by atoms with E-state index in [4.69, 9.17) is 4.74 Å². The number of nitrogens with one attached hydrogen (secondary N) is 1. The highest BCUT2D eigenvalue weighted by atomic mass is 16.5. The van der Waals surface area contributed by atoms with Gasteiger partial charge in [-0.1, -0.05) is 26.0 Å². The first-order valence-electron chi connectivity index (χ1n) is 8.25. The average molecular weight is 327 g/mol. The van der Waals surface area contributed by atoms with Crippen molar-refractivity contribution < 1.29 is 9.53 Å². The monoisotopic (exact) mass is 327 g/mol. The first kappa shape index (κ1) is 17.9. The fourth-order valence-electron chi connectivity index (χ4n) is 2.74. The maximum Gasteiger partial charge on any atom is 0.251 e. The number of likely N-dealkylation sites (N-methyl/N-ethyl adjacent to an activating group) is 1. The van der Waals surface area contributed by atoms with E-state index >= 15 is 0 Å². The lowest BCUT2D eigenvalue weighted by Crippen LogP contribution is -2.38. The van der Waals surface area contributed by atoms with Crippen LogP contribution in [0.5, 0.6) is 5.75 Å². The van der Waals surface area contributed by atoms with Crippen molar-refractivity contribution in [3.8, 4) is 5.75 Å². The number of hydrogen-bond acceptors (Lipinski definition) is 4. The van der Waals surface area contributed by atoms with Crippen LogP contribution in [0.1, 0.15) is 35.8 Å². The molecule has 0 fully saturated rings. The van der Waals surface area contributed by atoms with Crippen molar-refractivity contribution in [3.05, 3.63) is 59.9 Å². The van der Waals surface area contributed by atoms with Crippen LogP contribution in [-0.2, 0) is 0 Å². The van der Waals surface area contributed by atoms with Crippen molar-refractivity contribution in [3.63, 3.8) is 0 Å². The highest BCUT2D eigenvalue weighted by molar-refractivity contribution is 5.93. The Bertz CT molecular complexity index is 625. The van der Waals surface area contributed by atoms with E-state index < -0.39 is 0 Å². The molecule has 2 rings (SSSR count). The van der Waals surface area contributed by atoms with Crippen LogP contribution < -0.4 is 10.1 Å². The molecule has 5 heteroatoms. The van der Waals surface area contributed by atoms with E-state index in [1.807, 2.05) is 12.1 Å². The van der Waals surface area contributed by atoms with Gasteiger partial charge in [0.15, 0.2) is 0 Å². The predicted molar refractivity (Wildman–Crippen MR) is 95.2 cm³/mol. The molecular formula is C19H25N3O2. The van der Waals surface area contributed by atoms with Crippen LogP contribution >= 0.6 is 0 Å².